The largest absolute Gasteiger partial charge is 0.414 e. The molecule has 3 aliphatic carbocycles. The highest BCUT2D eigenvalue weighted by Crippen LogP contribution is 2.65. The zero-order valence-electron chi connectivity index (χ0n) is 20.0. The van der Waals surface area contributed by atoms with E-state index in [1.165, 1.54) is 0 Å². The van der Waals surface area contributed by atoms with Crippen molar-refractivity contribution in [1.82, 2.24) is 0 Å². The molecule has 0 bridgehead atoms. The van der Waals surface area contributed by atoms with Crippen LogP contribution in [0, 0.1) is 34.5 Å². The van der Waals surface area contributed by atoms with E-state index in [2.05, 4.69) is 54.6 Å². The molecule has 0 aliphatic heterocycles. The van der Waals surface area contributed by atoms with Crippen molar-refractivity contribution in [3.63, 3.8) is 0 Å². The van der Waals surface area contributed by atoms with Gasteiger partial charge >= 0.3 is 0 Å². The fourth-order valence-electron chi connectivity index (χ4n) is 7.30. The Morgan fingerprint density at radius 1 is 1.03 bits per heavy atom. The standard InChI is InChI=1S/C24H46O4Si/c1-15-9-18-17(19(27)10-15)11-20(28-29(7,8)22(2,3)4)21-23(5,14-25)12-16(26)13-24(18,21)6/h15-21,25-27H,9-14H2,1-8H3/t15-,16+,17+,18-,19-,20+,21-,23+,24+/m1/s1. The number of rotatable bonds is 3. The van der Waals surface area contributed by atoms with E-state index in [0.717, 1.165) is 25.7 Å². The summed E-state index contributed by atoms with van der Waals surface area (Å²) in [7, 11) is -2.01. The van der Waals surface area contributed by atoms with E-state index in [9.17, 15) is 15.3 Å². The Labute approximate surface area is 179 Å². The third-order valence-electron chi connectivity index (χ3n) is 9.49. The van der Waals surface area contributed by atoms with Crippen molar-refractivity contribution >= 4 is 8.32 Å². The second kappa shape index (κ2) is 7.58. The van der Waals surface area contributed by atoms with E-state index < -0.39 is 14.4 Å². The predicted molar refractivity (Wildman–Crippen MR) is 120 cm³/mol. The van der Waals surface area contributed by atoms with Crippen molar-refractivity contribution in [2.75, 3.05) is 6.61 Å². The van der Waals surface area contributed by atoms with Gasteiger partial charge in [0.1, 0.15) is 0 Å². The molecule has 3 N–H and O–H groups in total. The molecule has 0 heterocycles. The summed E-state index contributed by atoms with van der Waals surface area (Å²) in [5.74, 6) is 1.32. The smallest absolute Gasteiger partial charge is 0.192 e. The normalized spacial score (nSPS) is 48.7. The minimum absolute atomic E-state index is 0.0369. The first-order valence-corrected chi connectivity index (χ1v) is 14.7. The number of aliphatic hydroxyl groups excluding tert-OH is 3. The molecule has 170 valence electrons. The van der Waals surface area contributed by atoms with Crippen molar-refractivity contribution in [3.8, 4) is 0 Å². The maximum Gasteiger partial charge on any atom is 0.192 e. The summed E-state index contributed by atoms with van der Waals surface area (Å²) in [6, 6.07) is 0. The Bertz CT molecular complexity index is 602. The summed E-state index contributed by atoms with van der Waals surface area (Å²) < 4.78 is 7.07. The number of hydrogen-bond acceptors (Lipinski definition) is 4. The maximum absolute atomic E-state index is 11.1. The quantitative estimate of drug-likeness (QED) is 0.578. The molecule has 5 heteroatoms. The van der Waals surface area contributed by atoms with Crippen molar-refractivity contribution in [1.29, 1.82) is 0 Å². The molecule has 3 fully saturated rings. The summed E-state index contributed by atoms with van der Waals surface area (Å²) in [4.78, 5) is 0. The van der Waals surface area contributed by atoms with Gasteiger partial charge in [-0.3, -0.25) is 0 Å². The van der Waals surface area contributed by atoms with E-state index in [-0.39, 0.29) is 46.5 Å². The van der Waals surface area contributed by atoms with E-state index in [0.29, 0.717) is 18.3 Å². The molecule has 0 saturated heterocycles. The molecule has 29 heavy (non-hydrogen) atoms. The highest BCUT2D eigenvalue weighted by Gasteiger charge is 2.64. The lowest BCUT2D eigenvalue weighted by atomic mass is 9.42. The van der Waals surface area contributed by atoms with E-state index in [4.69, 9.17) is 4.43 Å². The van der Waals surface area contributed by atoms with Crippen molar-refractivity contribution in [2.45, 2.75) is 110 Å². The second-order valence-corrected chi connectivity index (χ2v) is 17.7. The zero-order chi connectivity index (χ0) is 22.0. The van der Waals surface area contributed by atoms with Gasteiger partial charge in [-0.1, -0.05) is 41.5 Å². The van der Waals surface area contributed by atoms with Crippen LogP contribution in [0.5, 0.6) is 0 Å². The topological polar surface area (TPSA) is 69.9 Å². The summed E-state index contributed by atoms with van der Waals surface area (Å²) in [5, 5.41) is 32.5. The third kappa shape index (κ3) is 3.99. The van der Waals surface area contributed by atoms with Crippen LogP contribution < -0.4 is 0 Å². The van der Waals surface area contributed by atoms with Gasteiger partial charge < -0.3 is 19.7 Å². The molecule has 9 atom stereocenters. The van der Waals surface area contributed by atoms with Gasteiger partial charge in [-0.05, 0) is 84.7 Å². The number of hydrogen-bond donors (Lipinski definition) is 3. The summed E-state index contributed by atoms with van der Waals surface area (Å²) in [5.41, 5.74) is -0.475. The van der Waals surface area contributed by atoms with Crippen molar-refractivity contribution < 1.29 is 19.7 Å². The predicted octanol–water partition coefficient (Wildman–Crippen LogP) is 4.58. The lowest BCUT2D eigenvalue weighted by Gasteiger charge is -2.65. The summed E-state index contributed by atoms with van der Waals surface area (Å²) >= 11 is 0. The summed E-state index contributed by atoms with van der Waals surface area (Å²) in [6.07, 6.45) is 3.61. The monoisotopic (exact) mass is 426 g/mol. The molecule has 0 unspecified atom stereocenters. The van der Waals surface area contributed by atoms with Crippen LogP contribution in [0.25, 0.3) is 0 Å². The van der Waals surface area contributed by atoms with Crippen LogP contribution in [0.2, 0.25) is 18.1 Å². The number of fused-ring (bicyclic) bond motifs is 3. The van der Waals surface area contributed by atoms with Gasteiger partial charge in [-0.25, -0.2) is 0 Å². The Balaban J connectivity index is 2.07. The van der Waals surface area contributed by atoms with Gasteiger partial charge in [0, 0.05) is 12.7 Å². The van der Waals surface area contributed by atoms with Crippen LogP contribution in [-0.4, -0.2) is 48.6 Å². The maximum atomic E-state index is 11.1. The minimum Gasteiger partial charge on any atom is -0.414 e. The van der Waals surface area contributed by atoms with E-state index in [1.54, 1.807) is 0 Å². The Morgan fingerprint density at radius 2 is 1.66 bits per heavy atom. The fourth-order valence-corrected chi connectivity index (χ4v) is 8.64. The van der Waals surface area contributed by atoms with Crippen LogP contribution in [0.15, 0.2) is 0 Å². The van der Waals surface area contributed by atoms with Gasteiger partial charge in [-0.2, -0.15) is 0 Å². The Hall–Kier alpha value is 0.0569. The average molecular weight is 427 g/mol. The van der Waals surface area contributed by atoms with Crippen LogP contribution in [-0.2, 0) is 4.43 Å². The first kappa shape index (κ1) is 23.7. The Kier molecular flexibility index (Phi) is 6.20. The SMILES string of the molecule is C[C@H]1C[C@@H](O)[C@H]2C[C@H](O[Si](C)(C)C(C)(C)C)[C@@H]3[C@](C)(CO)C[C@H](O)C[C@@]3(C)[C@@H]2C1. The van der Waals surface area contributed by atoms with Crippen LogP contribution in [0.4, 0.5) is 0 Å². The minimum atomic E-state index is -2.01. The van der Waals surface area contributed by atoms with E-state index in [1.807, 2.05) is 0 Å². The lowest BCUT2D eigenvalue weighted by molar-refractivity contribution is -0.218. The van der Waals surface area contributed by atoms with Gasteiger partial charge in [0.15, 0.2) is 8.32 Å². The third-order valence-corrected chi connectivity index (χ3v) is 14.0. The molecule has 0 spiro atoms. The Morgan fingerprint density at radius 3 is 2.21 bits per heavy atom. The molecule has 3 saturated carbocycles. The highest BCUT2D eigenvalue weighted by atomic mass is 28.4. The molecular weight excluding hydrogens is 380 g/mol. The molecular formula is C24H46O4Si. The molecule has 4 nitrogen and oxygen atoms in total. The molecule has 0 amide bonds. The highest BCUT2D eigenvalue weighted by molar-refractivity contribution is 6.74. The lowest BCUT2D eigenvalue weighted by Crippen LogP contribution is -2.65. The first-order valence-electron chi connectivity index (χ1n) is 11.8. The second-order valence-electron chi connectivity index (χ2n) is 12.9. The van der Waals surface area contributed by atoms with Gasteiger partial charge in [0.25, 0.3) is 0 Å². The number of aliphatic hydroxyl groups is 3. The first-order chi connectivity index (χ1) is 13.1. The van der Waals surface area contributed by atoms with Gasteiger partial charge in [0.05, 0.1) is 12.2 Å². The van der Waals surface area contributed by atoms with Crippen LogP contribution in [0.3, 0.4) is 0 Å². The van der Waals surface area contributed by atoms with Crippen LogP contribution >= 0.6 is 0 Å². The molecule has 3 aliphatic rings. The molecule has 3 rings (SSSR count). The average Bonchev–Trinajstić information content (AvgIpc) is 2.53. The molecule has 0 aromatic heterocycles. The van der Waals surface area contributed by atoms with Crippen LogP contribution in [0.1, 0.15) is 73.6 Å². The zero-order valence-corrected chi connectivity index (χ0v) is 21.0. The van der Waals surface area contributed by atoms with Crippen molar-refractivity contribution in [2.24, 2.45) is 34.5 Å². The fraction of sp³-hybridized carbons (Fsp3) is 1.00. The summed E-state index contributed by atoms with van der Waals surface area (Å²) in [6.45, 7) is 18.3. The molecule has 0 aromatic carbocycles. The van der Waals surface area contributed by atoms with E-state index >= 15 is 0 Å². The van der Waals surface area contributed by atoms with Gasteiger partial charge in [0.2, 0.25) is 0 Å². The molecule has 0 radical (unpaired) electrons. The van der Waals surface area contributed by atoms with Crippen molar-refractivity contribution in [3.05, 3.63) is 0 Å². The van der Waals surface area contributed by atoms with Gasteiger partial charge in [-0.15, -0.1) is 0 Å². The molecule has 0 aromatic rings.